The van der Waals surface area contributed by atoms with Gasteiger partial charge in [-0.25, -0.2) is 4.98 Å². The first-order valence-electron chi connectivity index (χ1n) is 7.23. The van der Waals surface area contributed by atoms with Crippen LogP contribution in [0.5, 0.6) is 5.88 Å². The molecule has 1 fully saturated rings. The van der Waals surface area contributed by atoms with Crippen LogP contribution in [0.2, 0.25) is 0 Å². The van der Waals surface area contributed by atoms with Gasteiger partial charge in [-0.3, -0.25) is 0 Å². The minimum absolute atomic E-state index is 0.646. The standard InChI is InChI=1S/C14H24N4O/c1-3-9-19-13-10-11(2)17-14(18-13)16-8-6-12-5-4-7-15-12/h10,12,15H,3-9H2,1-2H3,(H,16,17,18)/t12-/m1/s1. The third-order valence-corrected chi connectivity index (χ3v) is 3.22. The highest BCUT2D eigenvalue weighted by atomic mass is 16.5. The number of nitrogens with one attached hydrogen (secondary N) is 2. The van der Waals surface area contributed by atoms with Gasteiger partial charge in [0, 0.05) is 24.3 Å². The molecule has 0 aromatic carbocycles. The number of hydrogen-bond donors (Lipinski definition) is 2. The van der Waals surface area contributed by atoms with Crippen LogP contribution in [0.4, 0.5) is 5.95 Å². The van der Waals surface area contributed by atoms with Crippen LogP contribution in [0.15, 0.2) is 6.07 Å². The molecule has 2 rings (SSSR count). The fourth-order valence-electron chi connectivity index (χ4n) is 2.26. The first-order chi connectivity index (χ1) is 9.28. The van der Waals surface area contributed by atoms with E-state index in [4.69, 9.17) is 4.74 Å². The average Bonchev–Trinajstić information content (AvgIpc) is 2.89. The van der Waals surface area contributed by atoms with E-state index in [1.165, 1.54) is 12.8 Å². The van der Waals surface area contributed by atoms with Gasteiger partial charge in [0.1, 0.15) is 0 Å². The van der Waals surface area contributed by atoms with Gasteiger partial charge in [0.2, 0.25) is 11.8 Å². The van der Waals surface area contributed by atoms with Crippen molar-refractivity contribution in [1.29, 1.82) is 0 Å². The topological polar surface area (TPSA) is 59.1 Å². The molecule has 1 saturated heterocycles. The van der Waals surface area contributed by atoms with Crippen molar-refractivity contribution < 1.29 is 4.74 Å². The van der Waals surface area contributed by atoms with Crippen LogP contribution in [-0.4, -0.2) is 35.7 Å². The smallest absolute Gasteiger partial charge is 0.226 e. The molecule has 0 aliphatic carbocycles. The summed E-state index contributed by atoms with van der Waals surface area (Å²) in [5.41, 5.74) is 0.933. The molecule has 106 valence electrons. The molecule has 0 spiro atoms. The Hall–Kier alpha value is -1.36. The van der Waals surface area contributed by atoms with Crippen LogP contribution >= 0.6 is 0 Å². The fourth-order valence-corrected chi connectivity index (χ4v) is 2.26. The lowest BCUT2D eigenvalue weighted by atomic mass is 10.1. The molecule has 19 heavy (non-hydrogen) atoms. The highest BCUT2D eigenvalue weighted by Gasteiger charge is 2.13. The maximum absolute atomic E-state index is 5.55. The number of nitrogens with zero attached hydrogens (tertiary/aromatic N) is 2. The van der Waals surface area contributed by atoms with E-state index in [1.54, 1.807) is 0 Å². The molecule has 0 bridgehead atoms. The van der Waals surface area contributed by atoms with Crippen LogP contribution in [0, 0.1) is 6.92 Å². The molecule has 2 heterocycles. The second kappa shape index (κ2) is 7.28. The predicted molar refractivity (Wildman–Crippen MR) is 76.7 cm³/mol. The number of ether oxygens (including phenoxy) is 1. The average molecular weight is 264 g/mol. The summed E-state index contributed by atoms with van der Waals surface area (Å²) in [4.78, 5) is 8.75. The van der Waals surface area contributed by atoms with Crippen molar-refractivity contribution in [2.75, 3.05) is 25.0 Å². The number of anilines is 1. The number of hydrogen-bond acceptors (Lipinski definition) is 5. The molecule has 0 radical (unpaired) electrons. The van der Waals surface area contributed by atoms with Gasteiger partial charge in [-0.2, -0.15) is 4.98 Å². The molecule has 1 aromatic rings. The molecular weight excluding hydrogens is 240 g/mol. The number of rotatable bonds is 7. The second-order valence-corrected chi connectivity index (χ2v) is 5.03. The summed E-state index contributed by atoms with van der Waals surface area (Å²) < 4.78 is 5.55. The SMILES string of the molecule is CCCOc1cc(C)nc(NCC[C@H]2CCCN2)n1. The Bertz CT molecular complexity index is 391. The fraction of sp³-hybridized carbons (Fsp3) is 0.714. The lowest BCUT2D eigenvalue weighted by molar-refractivity contribution is 0.305. The van der Waals surface area contributed by atoms with E-state index < -0.39 is 0 Å². The van der Waals surface area contributed by atoms with Crippen molar-refractivity contribution in [3.05, 3.63) is 11.8 Å². The largest absolute Gasteiger partial charge is 0.478 e. The van der Waals surface area contributed by atoms with Crippen LogP contribution in [0.1, 0.15) is 38.3 Å². The van der Waals surface area contributed by atoms with Crippen molar-refractivity contribution >= 4 is 5.95 Å². The summed E-state index contributed by atoms with van der Waals surface area (Å²) in [6, 6.07) is 2.52. The molecule has 0 saturated carbocycles. The second-order valence-electron chi connectivity index (χ2n) is 5.03. The summed E-state index contributed by atoms with van der Waals surface area (Å²) in [6.45, 7) is 6.79. The third-order valence-electron chi connectivity index (χ3n) is 3.22. The van der Waals surface area contributed by atoms with E-state index in [9.17, 15) is 0 Å². The third kappa shape index (κ3) is 4.67. The monoisotopic (exact) mass is 264 g/mol. The van der Waals surface area contributed by atoms with Crippen molar-refractivity contribution in [1.82, 2.24) is 15.3 Å². The predicted octanol–water partition coefficient (Wildman–Crippen LogP) is 2.13. The van der Waals surface area contributed by atoms with Crippen molar-refractivity contribution in [2.24, 2.45) is 0 Å². The van der Waals surface area contributed by atoms with E-state index in [0.717, 1.165) is 31.6 Å². The molecule has 1 aliphatic heterocycles. The maximum atomic E-state index is 5.55. The summed E-state index contributed by atoms with van der Waals surface area (Å²) in [7, 11) is 0. The molecule has 2 N–H and O–H groups in total. The maximum Gasteiger partial charge on any atom is 0.226 e. The highest BCUT2D eigenvalue weighted by molar-refractivity contribution is 5.30. The van der Waals surface area contributed by atoms with Crippen molar-refractivity contribution in [3.63, 3.8) is 0 Å². The van der Waals surface area contributed by atoms with E-state index in [1.807, 2.05) is 13.0 Å². The normalized spacial score (nSPS) is 18.5. The zero-order valence-electron chi connectivity index (χ0n) is 11.9. The Morgan fingerprint density at radius 2 is 2.37 bits per heavy atom. The Kier molecular flexibility index (Phi) is 5.39. The van der Waals surface area contributed by atoms with E-state index >= 15 is 0 Å². The number of aryl methyl sites for hydroxylation is 1. The summed E-state index contributed by atoms with van der Waals surface area (Å²) in [6.07, 6.45) is 4.67. The Morgan fingerprint density at radius 1 is 1.47 bits per heavy atom. The first-order valence-corrected chi connectivity index (χ1v) is 7.23. The van der Waals surface area contributed by atoms with Gasteiger partial charge >= 0.3 is 0 Å². The van der Waals surface area contributed by atoms with Gasteiger partial charge in [0.25, 0.3) is 0 Å². The Morgan fingerprint density at radius 3 is 3.11 bits per heavy atom. The zero-order chi connectivity index (χ0) is 13.5. The van der Waals surface area contributed by atoms with Crippen LogP contribution < -0.4 is 15.4 Å². The van der Waals surface area contributed by atoms with Crippen molar-refractivity contribution in [3.8, 4) is 5.88 Å². The molecule has 1 aromatic heterocycles. The summed E-state index contributed by atoms with van der Waals surface area (Å²) >= 11 is 0. The lowest BCUT2D eigenvalue weighted by Gasteiger charge is -2.12. The van der Waals surface area contributed by atoms with E-state index in [-0.39, 0.29) is 0 Å². The minimum atomic E-state index is 0.646. The van der Waals surface area contributed by atoms with Crippen LogP contribution in [-0.2, 0) is 0 Å². The van der Waals surface area contributed by atoms with Crippen molar-refractivity contribution in [2.45, 2.75) is 45.6 Å². The molecular formula is C14H24N4O. The van der Waals surface area contributed by atoms with Crippen LogP contribution in [0.25, 0.3) is 0 Å². The van der Waals surface area contributed by atoms with E-state index in [0.29, 0.717) is 24.5 Å². The molecule has 5 heteroatoms. The molecule has 0 unspecified atom stereocenters. The molecule has 0 amide bonds. The van der Waals surface area contributed by atoms with Gasteiger partial charge in [0.05, 0.1) is 6.61 Å². The summed E-state index contributed by atoms with van der Waals surface area (Å²) in [5.74, 6) is 1.33. The quantitative estimate of drug-likeness (QED) is 0.790. The van der Waals surface area contributed by atoms with Gasteiger partial charge in [-0.15, -0.1) is 0 Å². The number of aromatic nitrogens is 2. The van der Waals surface area contributed by atoms with Crippen LogP contribution in [0.3, 0.4) is 0 Å². The first kappa shape index (κ1) is 14.1. The highest BCUT2D eigenvalue weighted by Crippen LogP contribution is 2.13. The minimum Gasteiger partial charge on any atom is -0.478 e. The van der Waals surface area contributed by atoms with Gasteiger partial charge in [-0.05, 0) is 39.2 Å². The molecule has 1 aliphatic rings. The van der Waals surface area contributed by atoms with E-state index in [2.05, 4.69) is 27.5 Å². The Balaban J connectivity index is 1.82. The zero-order valence-corrected chi connectivity index (χ0v) is 11.9. The van der Waals surface area contributed by atoms with Gasteiger partial charge in [0.15, 0.2) is 0 Å². The summed E-state index contributed by atoms with van der Waals surface area (Å²) in [5, 5.41) is 6.77. The lowest BCUT2D eigenvalue weighted by Crippen LogP contribution is -2.24. The Labute approximate surface area is 115 Å². The van der Waals surface area contributed by atoms with Gasteiger partial charge < -0.3 is 15.4 Å². The molecule has 5 nitrogen and oxygen atoms in total. The molecule has 1 atom stereocenters. The van der Waals surface area contributed by atoms with Gasteiger partial charge in [-0.1, -0.05) is 6.92 Å².